The summed E-state index contributed by atoms with van der Waals surface area (Å²) in [4.78, 5) is 24.2. The largest absolute Gasteiger partial charge is 0.480 e. The quantitative estimate of drug-likeness (QED) is 0.780. The van der Waals surface area contributed by atoms with E-state index in [1.54, 1.807) is 18.2 Å². The second kappa shape index (κ2) is 7.64. The van der Waals surface area contributed by atoms with Crippen LogP contribution in [-0.2, 0) is 4.79 Å². The van der Waals surface area contributed by atoms with E-state index in [0.717, 1.165) is 8.95 Å². The van der Waals surface area contributed by atoms with E-state index in [0.29, 0.717) is 12.2 Å². The Morgan fingerprint density at radius 3 is 2.50 bits per heavy atom. The van der Waals surface area contributed by atoms with Gasteiger partial charge < -0.3 is 15.3 Å². The normalized spacial score (nSPS) is 10.4. The number of nitrogens with one attached hydrogen (secondary N) is 1. The van der Waals surface area contributed by atoms with Gasteiger partial charge in [0, 0.05) is 15.5 Å². The highest BCUT2D eigenvalue weighted by Crippen LogP contribution is 2.26. The fraction of sp³-hybridized carbons (Fsp3) is 0.385. The molecular formula is C13H16Br2N2O3. The smallest absolute Gasteiger partial charge is 0.323 e. The molecule has 0 aliphatic heterocycles. The molecule has 0 spiro atoms. The van der Waals surface area contributed by atoms with Crippen LogP contribution in [0, 0.1) is 5.92 Å². The molecule has 2 amide bonds. The van der Waals surface area contributed by atoms with Crippen molar-refractivity contribution in [3.8, 4) is 0 Å². The van der Waals surface area contributed by atoms with Gasteiger partial charge in [0.15, 0.2) is 0 Å². The number of urea groups is 1. The van der Waals surface area contributed by atoms with E-state index in [2.05, 4.69) is 37.2 Å². The van der Waals surface area contributed by atoms with Crippen LogP contribution in [-0.4, -0.2) is 35.1 Å². The van der Waals surface area contributed by atoms with Crippen LogP contribution >= 0.6 is 31.9 Å². The zero-order chi connectivity index (χ0) is 15.3. The maximum Gasteiger partial charge on any atom is 0.323 e. The molecule has 0 saturated heterocycles. The monoisotopic (exact) mass is 406 g/mol. The summed E-state index contributed by atoms with van der Waals surface area (Å²) in [7, 11) is 0. The third kappa shape index (κ3) is 5.50. The summed E-state index contributed by atoms with van der Waals surface area (Å²) in [6.45, 7) is 3.92. The lowest BCUT2D eigenvalue weighted by Gasteiger charge is -2.23. The van der Waals surface area contributed by atoms with Gasteiger partial charge in [-0.1, -0.05) is 29.8 Å². The molecule has 0 aliphatic rings. The van der Waals surface area contributed by atoms with E-state index in [9.17, 15) is 9.59 Å². The van der Waals surface area contributed by atoms with Gasteiger partial charge in [0.05, 0.1) is 5.69 Å². The number of carboxylic acids is 1. The first kappa shape index (κ1) is 17.0. The Morgan fingerprint density at radius 2 is 2.00 bits per heavy atom. The summed E-state index contributed by atoms with van der Waals surface area (Å²) in [5.41, 5.74) is 0.595. The standard InChI is InChI=1S/C13H16Br2N2O3/c1-8(2)6-17(7-12(18)19)13(20)16-11-4-3-9(14)5-10(11)15/h3-5,8H,6-7H2,1-2H3,(H,16,20)(H,18,19). The van der Waals surface area contributed by atoms with E-state index in [4.69, 9.17) is 5.11 Å². The van der Waals surface area contributed by atoms with Gasteiger partial charge in [0.1, 0.15) is 6.54 Å². The molecule has 0 saturated carbocycles. The molecule has 2 N–H and O–H groups in total. The van der Waals surface area contributed by atoms with E-state index < -0.39 is 12.0 Å². The molecule has 0 fully saturated rings. The number of aliphatic carboxylic acids is 1. The Morgan fingerprint density at radius 1 is 1.35 bits per heavy atom. The number of benzene rings is 1. The Balaban J connectivity index is 2.81. The van der Waals surface area contributed by atoms with Crippen molar-refractivity contribution in [3.63, 3.8) is 0 Å². The Bertz CT molecular complexity index is 506. The number of carbonyl (C=O) groups excluding carboxylic acids is 1. The summed E-state index contributed by atoms with van der Waals surface area (Å²) in [6.07, 6.45) is 0. The van der Waals surface area contributed by atoms with Crippen molar-refractivity contribution < 1.29 is 14.7 Å². The van der Waals surface area contributed by atoms with Crippen molar-refractivity contribution >= 4 is 49.5 Å². The number of hydrogen-bond acceptors (Lipinski definition) is 2. The average molecular weight is 408 g/mol. The summed E-state index contributed by atoms with van der Waals surface area (Å²) in [5, 5.41) is 11.6. The Hall–Kier alpha value is -1.08. The highest BCUT2D eigenvalue weighted by Gasteiger charge is 2.18. The lowest BCUT2D eigenvalue weighted by molar-refractivity contribution is -0.137. The fourth-order valence-electron chi connectivity index (χ4n) is 1.61. The second-order valence-corrected chi connectivity index (χ2v) is 6.49. The minimum Gasteiger partial charge on any atom is -0.480 e. The van der Waals surface area contributed by atoms with Crippen LogP contribution in [0.1, 0.15) is 13.8 Å². The van der Waals surface area contributed by atoms with Gasteiger partial charge in [-0.25, -0.2) is 4.79 Å². The van der Waals surface area contributed by atoms with Crippen molar-refractivity contribution in [2.75, 3.05) is 18.4 Å². The zero-order valence-corrected chi connectivity index (χ0v) is 14.4. The highest BCUT2D eigenvalue weighted by molar-refractivity contribution is 9.11. The maximum absolute atomic E-state index is 12.1. The summed E-state index contributed by atoms with van der Waals surface area (Å²) in [5.74, 6) is -0.843. The summed E-state index contributed by atoms with van der Waals surface area (Å²) >= 11 is 6.67. The van der Waals surface area contributed by atoms with Gasteiger partial charge in [0.25, 0.3) is 0 Å². The number of anilines is 1. The van der Waals surface area contributed by atoms with Crippen molar-refractivity contribution in [2.45, 2.75) is 13.8 Å². The first-order valence-corrected chi connectivity index (χ1v) is 7.61. The minimum absolute atomic E-state index is 0.188. The molecule has 1 aromatic rings. The number of amides is 2. The van der Waals surface area contributed by atoms with Crippen LogP contribution < -0.4 is 5.32 Å². The van der Waals surface area contributed by atoms with Crippen LogP contribution in [0.2, 0.25) is 0 Å². The van der Waals surface area contributed by atoms with E-state index in [-0.39, 0.29) is 12.5 Å². The minimum atomic E-state index is -1.03. The molecule has 1 rings (SSSR count). The summed E-state index contributed by atoms with van der Waals surface area (Å²) in [6, 6.07) is 4.91. The first-order chi connectivity index (χ1) is 9.29. The second-order valence-electron chi connectivity index (χ2n) is 4.72. The van der Waals surface area contributed by atoms with E-state index in [1.165, 1.54) is 4.90 Å². The number of carbonyl (C=O) groups is 2. The first-order valence-electron chi connectivity index (χ1n) is 6.02. The Kier molecular flexibility index (Phi) is 6.48. The predicted octanol–water partition coefficient (Wildman–Crippen LogP) is 3.79. The van der Waals surface area contributed by atoms with Gasteiger partial charge in [-0.3, -0.25) is 4.79 Å². The van der Waals surface area contributed by atoms with Gasteiger partial charge in [-0.05, 0) is 40.0 Å². The van der Waals surface area contributed by atoms with Crippen LogP contribution in [0.4, 0.5) is 10.5 Å². The SMILES string of the molecule is CC(C)CN(CC(=O)O)C(=O)Nc1ccc(Br)cc1Br. The van der Waals surface area contributed by atoms with Crippen molar-refractivity contribution in [1.82, 2.24) is 4.90 Å². The molecule has 0 heterocycles. The third-order valence-corrected chi connectivity index (χ3v) is 3.52. The summed E-state index contributed by atoms with van der Waals surface area (Å²) < 4.78 is 1.60. The highest BCUT2D eigenvalue weighted by atomic mass is 79.9. The number of carboxylic acid groups (broad SMARTS) is 1. The number of hydrogen-bond donors (Lipinski definition) is 2. The van der Waals surface area contributed by atoms with Gasteiger partial charge in [0.2, 0.25) is 0 Å². The van der Waals surface area contributed by atoms with Crippen LogP contribution in [0.25, 0.3) is 0 Å². The molecule has 0 bridgehead atoms. The van der Waals surface area contributed by atoms with Crippen LogP contribution in [0.15, 0.2) is 27.1 Å². The number of halogens is 2. The predicted molar refractivity (Wildman–Crippen MR) is 84.9 cm³/mol. The van der Waals surface area contributed by atoms with E-state index >= 15 is 0 Å². The number of nitrogens with zero attached hydrogens (tertiary/aromatic N) is 1. The molecular weight excluding hydrogens is 392 g/mol. The lowest BCUT2D eigenvalue weighted by Crippen LogP contribution is -2.41. The molecule has 7 heteroatoms. The molecule has 1 aromatic carbocycles. The molecule has 5 nitrogen and oxygen atoms in total. The van der Waals surface area contributed by atoms with Crippen LogP contribution in [0.3, 0.4) is 0 Å². The molecule has 110 valence electrons. The molecule has 20 heavy (non-hydrogen) atoms. The maximum atomic E-state index is 12.1. The van der Waals surface area contributed by atoms with Gasteiger partial charge in [-0.2, -0.15) is 0 Å². The van der Waals surface area contributed by atoms with Crippen molar-refractivity contribution in [1.29, 1.82) is 0 Å². The zero-order valence-electron chi connectivity index (χ0n) is 11.2. The topological polar surface area (TPSA) is 69.6 Å². The molecule has 0 aromatic heterocycles. The fourth-order valence-corrected chi connectivity index (χ4v) is 2.75. The van der Waals surface area contributed by atoms with Gasteiger partial charge in [-0.15, -0.1) is 0 Å². The third-order valence-electron chi connectivity index (χ3n) is 2.37. The average Bonchev–Trinajstić information content (AvgIpc) is 2.30. The lowest BCUT2D eigenvalue weighted by atomic mass is 10.2. The van der Waals surface area contributed by atoms with Crippen LogP contribution in [0.5, 0.6) is 0 Å². The van der Waals surface area contributed by atoms with Crippen molar-refractivity contribution in [2.24, 2.45) is 5.92 Å². The molecule has 0 radical (unpaired) electrons. The number of rotatable bonds is 5. The van der Waals surface area contributed by atoms with E-state index in [1.807, 2.05) is 13.8 Å². The van der Waals surface area contributed by atoms with Crippen molar-refractivity contribution in [3.05, 3.63) is 27.1 Å². The Labute approximate surface area is 134 Å². The van der Waals surface area contributed by atoms with Gasteiger partial charge >= 0.3 is 12.0 Å². The molecule has 0 aliphatic carbocycles. The molecule has 0 atom stereocenters. The molecule has 0 unspecified atom stereocenters.